The van der Waals surface area contributed by atoms with Crippen LogP contribution in [-0.2, 0) is 16.1 Å². The van der Waals surface area contributed by atoms with Gasteiger partial charge in [-0.1, -0.05) is 12.1 Å². The third-order valence-electron chi connectivity index (χ3n) is 3.83. The Labute approximate surface area is 132 Å². The van der Waals surface area contributed by atoms with Crippen molar-refractivity contribution in [2.24, 2.45) is 0 Å². The number of nitrogens with zero attached hydrogens (tertiary/aromatic N) is 2. The van der Waals surface area contributed by atoms with Gasteiger partial charge in [0.15, 0.2) is 0 Å². The van der Waals surface area contributed by atoms with E-state index < -0.39 is 0 Å². The van der Waals surface area contributed by atoms with Gasteiger partial charge in [-0.2, -0.15) is 0 Å². The maximum absolute atomic E-state index is 12.4. The Bertz CT molecular complexity index is 496. The number of carbonyl (C=O) groups excluding carboxylic acids is 1. The first-order valence-corrected chi connectivity index (χ1v) is 7.72. The lowest BCUT2D eigenvalue weighted by molar-refractivity contribution is -0.135. The molecule has 1 aliphatic heterocycles. The summed E-state index contributed by atoms with van der Waals surface area (Å²) in [6.45, 7) is 6.75. The molecule has 0 N–H and O–H groups in total. The average Bonchev–Trinajstić information content (AvgIpc) is 2.46. The van der Waals surface area contributed by atoms with Crippen LogP contribution >= 0.6 is 0 Å². The molecule has 1 amide bonds. The predicted octanol–water partition coefficient (Wildman–Crippen LogP) is 1.76. The van der Waals surface area contributed by atoms with E-state index in [1.807, 2.05) is 45.2 Å². The zero-order valence-electron chi connectivity index (χ0n) is 13.9. The second-order valence-electron chi connectivity index (χ2n) is 6.05. The molecule has 5 heteroatoms. The number of methoxy groups -OCH3 is 1. The fourth-order valence-electron chi connectivity index (χ4n) is 2.86. The van der Waals surface area contributed by atoms with Gasteiger partial charge in [-0.3, -0.25) is 9.69 Å². The summed E-state index contributed by atoms with van der Waals surface area (Å²) in [4.78, 5) is 16.3. The molecule has 2 atom stereocenters. The summed E-state index contributed by atoms with van der Waals surface area (Å²) in [5, 5.41) is 0. The highest BCUT2D eigenvalue weighted by Crippen LogP contribution is 2.15. The van der Waals surface area contributed by atoms with Gasteiger partial charge in [0.1, 0.15) is 5.75 Å². The molecular formula is C17H26N2O3. The molecule has 0 aliphatic carbocycles. The van der Waals surface area contributed by atoms with Gasteiger partial charge >= 0.3 is 0 Å². The normalized spacial score (nSPS) is 22.4. The van der Waals surface area contributed by atoms with E-state index in [2.05, 4.69) is 4.90 Å². The molecule has 1 saturated heterocycles. The number of morpholine rings is 1. The minimum absolute atomic E-state index is 0.129. The third-order valence-corrected chi connectivity index (χ3v) is 3.83. The SMILES string of the molecule is COc1cccc(CN(C)C(=O)CN2CC(C)OC(C)C2)c1. The van der Waals surface area contributed by atoms with E-state index in [-0.39, 0.29) is 18.1 Å². The number of hydrogen-bond acceptors (Lipinski definition) is 4. The summed E-state index contributed by atoms with van der Waals surface area (Å²) in [7, 11) is 3.49. The maximum Gasteiger partial charge on any atom is 0.236 e. The van der Waals surface area contributed by atoms with Gasteiger partial charge < -0.3 is 14.4 Å². The summed E-state index contributed by atoms with van der Waals surface area (Å²) in [5.74, 6) is 0.943. The smallest absolute Gasteiger partial charge is 0.236 e. The van der Waals surface area contributed by atoms with Gasteiger partial charge in [0.25, 0.3) is 0 Å². The molecule has 0 saturated carbocycles. The third kappa shape index (κ3) is 4.71. The van der Waals surface area contributed by atoms with Gasteiger partial charge in [-0.05, 0) is 31.5 Å². The fourth-order valence-corrected chi connectivity index (χ4v) is 2.86. The number of benzene rings is 1. The van der Waals surface area contributed by atoms with Crippen LogP contribution in [0.25, 0.3) is 0 Å². The first-order valence-electron chi connectivity index (χ1n) is 7.72. The van der Waals surface area contributed by atoms with Crippen LogP contribution in [0, 0.1) is 0 Å². The lowest BCUT2D eigenvalue weighted by Crippen LogP contribution is -2.49. The molecule has 1 fully saturated rings. The Balaban J connectivity index is 1.88. The summed E-state index contributed by atoms with van der Waals surface area (Å²) in [6.07, 6.45) is 0.362. The summed E-state index contributed by atoms with van der Waals surface area (Å²) in [6, 6.07) is 7.81. The molecular weight excluding hydrogens is 280 g/mol. The van der Waals surface area contributed by atoms with Crippen molar-refractivity contribution in [2.75, 3.05) is 33.8 Å². The minimum Gasteiger partial charge on any atom is -0.497 e. The lowest BCUT2D eigenvalue weighted by atomic mass is 10.2. The summed E-state index contributed by atoms with van der Waals surface area (Å²) < 4.78 is 10.9. The number of rotatable bonds is 5. The zero-order chi connectivity index (χ0) is 16.1. The van der Waals surface area contributed by atoms with Crippen LogP contribution in [0.2, 0.25) is 0 Å². The molecule has 0 bridgehead atoms. The number of carbonyl (C=O) groups is 1. The second kappa shape index (κ2) is 7.61. The van der Waals surface area contributed by atoms with Crippen molar-refractivity contribution >= 4 is 5.91 Å². The molecule has 0 spiro atoms. The lowest BCUT2D eigenvalue weighted by Gasteiger charge is -2.35. The van der Waals surface area contributed by atoms with Crippen LogP contribution in [0.5, 0.6) is 5.75 Å². The highest BCUT2D eigenvalue weighted by atomic mass is 16.5. The van der Waals surface area contributed by atoms with Crippen molar-refractivity contribution in [3.63, 3.8) is 0 Å². The van der Waals surface area contributed by atoms with Crippen LogP contribution in [0.4, 0.5) is 0 Å². The van der Waals surface area contributed by atoms with Crippen molar-refractivity contribution in [3.8, 4) is 5.75 Å². The van der Waals surface area contributed by atoms with Gasteiger partial charge in [-0.15, -0.1) is 0 Å². The fraction of sp³-hybridized carbons (Fsp3) is 0.588. The Morgan fingerprint density at radius 3 is 2.68 bits per heavy atom. The van der Waals surface area contributed by atoms with E-state index in [4.69, 9.17) is 9.47 Å². The van der Waals surface area contributed by atoms with Gasteiger partial charge in [0.05, 0.1) is 25.9 Å². The summed E-state index contributed by atoms with van der Waals surface area (Å²) >= 11 is 0. The number of likely N-dealkylation sites (N-methyl/N-ethyl adjacent to an activating group) is 1. The van der Waals surface area contributed by atoms with E-state index >= 15 is 0 Å². The highest BCUT2D eigenvalue weighted by molar-refractivity contribution is 5.78. The maximum atomic E-state index is 12.4. The predicted molar refractivity (Wildman–Crippen MR) is 85.9 cm³/mol. The van der Waals surface area contributed by atoms with Crippen molar-refractivity contribution in [3.05, 3.63) is 29.8 Å². The largest absolute Gasteiger partial charge is 0.497 e. The van der Waals surface area contributed by atoms with E-state index in [0.717, 1.165) is 24.4 Å². The van der Waals surface area contributed by atoms with E-state index in [1.165, 1.54) is 0 Å². The monoisotopic (exact) mass is 306 g/mol. The van der Waals surface area contributed by atoms with Crippen molar-refractivity contribution in [1.82, 2.24) is 9.80 Å². The van der Waals surface area contributed by atoms with Crippen LogP contribution in [-0.4, -0.2) is 61.7 Å². The average molecular weight is 306 g/mol. The first-order chi connectivity index (χ1) is 10.5. The molecule has 1 aromatic rings. The van der Waals surface area contributed by atoms with Crippen LogP contribution in [0.1, 0.15) is 19.4 Å². The molecule has 1 heterocycles. The van der Waals surface area contributed by atoms with Crippen molar-refractivity contribution in [1.29, 1.82) is 0 Å². The van der Waals surface area contributed by atoms with Crippen LogP contribution in [0.3, 0.4) is 0 Å². The molecule has 122 valence electrons. The quantitative estimate of drug-likeness (QED) is 0.831. The van der Waals surface area contributed by atoms with E-state index in [1.54, 1.807) is 12.0 Å². The van der Waals surface area contributed by atoms with Gasteiger partial charge in [0.2, 0.25) is 5.91 Å². The van der Waals surface area contributed by atoms with Crippen LogP contribution in [0.15, 0.2) is 24.3 Å². The van der Waals surface area contributed by atoms with E-state index in [0.29, 0.717) is 13.1 Å². The summed E-state index contributed by atoms with van der Waals surface area (Å²) in [5.41, 5.74) is 1.07. The number of amides is 1. The number of ether oxygens (including phenoxy) is 2. The Hall–Kier alpha value is -1.59. The van der Waals surface area contributed by atoms with Crippen LogP contribution < -0.4 is 4.74 Å². The van der Waals surface area contributed by atoms with Crippen molar-refractivity contribution < 1.29 is 14.3 Å². The van der Waals surface area contributed by atoms with Gasteiger partial charge in [-0.25, -0.2) is 0 Å². The molecule has 2 rings (SSSR count). The van der Waals surface area contributed by atoms with Gasteiger partial charge in [0, 0.05) is 26.7 Å². The number of hydrogen-bond donors (Lipinski definition) is 0. The zero-order valence-corrected chi connectivity index (χ0v) is 13.9. The molecule has 2 unspecified atom stereocenters. The second-order valence-corrected chi connectivity index (χ2v) is 6.05. The highest BCUT2D eigenvalue weighted by Gasteiger charge is 2.24. The van der Waals surface area contributed by atoms with Crippen molar-refractivity contribution in [2.45, 2.75) is 32.6 Å². The molecule has 1 aromatic carbocycles. The minimum atomic E-state index is 0.129. The topological polar surface area (TPSA) is 42.0 Å². The Kier molecular flexibility index (Phi) is 5.80. The molecule has 0 radical (unpaired) electrons. The molecule has 22 heavy (non-hydrogen) atoms. The van der Waals surface area contributed by atoms with E-state index in [9.17, 15) is 4.79 Å². The molecule has 0 aromatic heterocycles. The Morgan fingerprint density at radius 1 is 1.36 bits per heavy atom. The molecule has 1 aliphatic rings. The Morgan fingerprint density at radius 2 is 2.05 bits per heavy atom. The first kappa shape index (κ1) is 16.8. The standard InChI is InChI=1S/C17H26N2O3/c1-13-9-19(10-14(2)22-13)12-17(20)18(3)11-15-6-5-7-16(8-15)21-4/h5-8,13-14H,9-12H2,1-4H3. The molecule has 5 nitrogen and oxygen atoms in total.